The van der Waals surface area contributed by atoms with Gasteiger partial charge in [0.05, 0.1) is 12.6 Å². The number of nitrogens with zero attached hydrogens (tertiary/aromatic N) is 4. The second-order valence-electron chi connectivity index (χ2n) is 8.24. The zero-order chi connectivity index (χ0) is 22.7. The Kier molecular flexibility index (Phi) is 6.89. The predicted molar refractivity (Wildman–Crippen MR) is 126 cm³/mol. The van der Waals surface area contributed by atoms with Crippen molar-refractivity contribution in [3.8, 4) is 11.5 Å². The fourth-order valence-electron chi connectivity index (χ4n) is 3.89. The Bertz CT molecular complexity index is 1090. The van der Waals surface area contributed by atoms with Gasteiger partial charge >= 0.3 is 0 Å². The maximum atomic E-state index is 12.5. The molecule has 1 amide bonds. The molecular weight excluding hydrogens is 426 g/mol. The molecule has 1 N–H and O–H groups in total. The van der Waals surface area contributed by atoms with E-state index < -0.39 is 0 Å². The fraction of sp³-hybridized carbons (Fsp3) is 0.375. The van der Waals surface area contributed by atoms with Crippen LogP contribution in [0.5, 0.6) is 0 Å². The van der Waals surface area contributed by atoms with Gasteiger partial charge in [-0.1, -0.05) is 29.8 Å². The summed E-state index contributed by atoms with van der Waals surface area (Å²) in [4.78, 5) is 17.0. The Morgan fingerprint density at radius 3 is 2.62 bits per heavy atom. The summed E-state index contributed by atoms with van der Waals surface area (Å²) >= 11 is 6.06. The average Bonchev–Trinajstić information content (AvgIpc) is 3.27. The topological polar surface area (TPSA) is 74.5 Å². The highest BCUT2D eigenvalue weighted by molar-refractivity contribution is 6.30. The van der Waals surface area contributed by atoms with Crippen LogP contribution in [-0.2, 0) is 4.79 Å². The average molecular weight is 454 g/mol. The van der Waals surface area contributed by atoms with E-state index in [1.54, 1.807) is 0 Å². The van der Waals surface area contributed by atoms with Gasteiger partial charge in [-0.3, -0.25) is 14.6 Å². The number of carbonyl (C=O) groups is 1. The number of piperazine rings is 1. The summed E-state index contributed by atoms with van der Waals surface area (Å²) in [5.74, 6) is 1.07. The maximum absolute atomic E-state index is 12.5. The van der Waals surface area contributed by atoms with Gasteiger partial charge in [0.1, 0.15) is 0 Å². The minimum atomic E-state index is 0.00125. The summed E-state index contributed by atoms with van der Waals surface area (Å²) in [5, 5.41) is 12.1. The molecule has 0 saturated carbocycles. The fourth-order valence-corrected chi connectivity index (χ4v) is 4.08. The molecule has 1 fully saturated rings. The zero-order valence-corrected chi connectivity index (χ0v) is 19.4. The molecule has 1 aliphatic heterocycles. The Labute approximate surface area is 193 Å². The number of rotatable bonds is 6. The van der Waals surface area contributed by atoms with Crippen LogP contribution in [0.3, 0.4) is 0 Å². The Hall–Kier alpha value is -2.74. The molecule has 3 aromatic rings. The minimum Gasteiger partial charge on any atom is -0.419 e. The second kappa shape index (κ2) is 9.81. The van der Waals surface area contributed by atoms with Crippen LogP contribution < -0.4 is 5.32 Å². The number of carbonyl (C=O) groups excluding carboxylic acids is 1. The van der Waals surface area contributed by atoms with Crippen LogP contribution >= 0.6 is 11.6 Å². The molecule has 2 aromatic carbocycles. The van der Waals surface area contributed by atoms with Crippen molar-refractivity contribution in [2.24, 2.45) is 0 Å². The summed E-state index contributed by atoms with van der Waals surface area (Å²) in [7, 11) is 0. The van der Waals surface area contributed by atoms with Gasteiger partial charge in [-0.15, -0.1) is 10.2 Å². The third-order valence-electron chi connectivity index (χ3n) is 6.07. The number of aromatic nitrogens is 2. The lowest BCUT2D eigenvalue weighted by molar-refractivity contribution is -0.117. The van der Waals surface area contributed by atoms with Crippen LogP contribution in [0.4, 0.5) is 5.69 Å². The van der Waals surface area contributed by atoms with E-state index in [1.807, 2.05) is 56.3 Å². The zero-order valence-electron chi connectivity index (χ0n) is 18.6. The number of hydrogen-bond donors (Lipinski definition) is 1. The molecule has 0 bridgehead atoms. The summed E-state index contributed by atoms with van der Waals surface area (Å²) in [6.45, 7) is 9.79. The molecule has 1 aromatic heterocycles. The molecule has 1 atom stereocenters. The van der Waals surface area contributed by atoms with Crippen LogP contribution in [0.15, 0.2) is 46.9 Å². The number of aryl methyl sites for hydroxylation is 1. The number of amides is 1. The first-order valence-electron chi connectivity index (χ1n) is 10.8. The molecule has 2 heterocycles. The van der Waals surface area contributed by atoms with Crippen LogP contribution in [0, 0.1) is 13.8 Å². The van der Waals surface area contributed by atoms with E-state index in [2.05, 4.69) is 32.2 Å². The van der Waals surface area contributed by atoms with Crippen LogP contribution in [0.2, 0.25) is 5.02 Å². The molecule has 0 spiro atoms. The Balaban J connectivity index is 1.30. The van der Waals surface area contributed by atoms with Crippen LogP contribution in [0.1, 0.15) is 30.0 Å². The van der Waals surface area contributed by atoms with Gasteiger partial charge in [0.15, 0.2) is 0 Å². The highest BCUT2D eigenvalue weighted by Crippen LogP contribution is 2.26. The maximum Gasteiger partial charge on any atom is 0.247 e. The molecule has 7 nitrogen and oxygen atoms in total. The van der Waals surface area contributed by atoms with Crippen molar-refractivity contribution in [3.63, 3.8) is 0 Å². The van der Waals surface area contributed by atoms with Crippen molar-refractivity contribution in [2.75, 3.05) is 38.0 Å². The third-order valence-corrected chi connectivity index (χ3v) is 6.31. The van der Waals surface area contributed by atoms with E-state index in [0.717, 1.165) is 43.0 Å². The Morgan fingerprint density at radius 2 is 1.88 bits per heavy atom. The first-order chi connectivity index (χ1) is 15.4. The van der Waals surface area contributed by atoms with Gasteiger partial charge < -0.3 is 9.73 Å². The molecule has 168 valence electrons. The van der Waals surface area contributed by atoms with Crippen molar-refractivity contribution in [1.82, 2.24) is 20.0 Å². The largest absolute Gasteiger partial charge is 0.419 e. The quantitative estimate of drug-likeness (QED) is 0.599. The molecule has 0 radical (unpaired) electrons. The lowest BCUT2D eigenvalue weighted by Gasteiger charge is -2.36. The number of hydrogen-bond acceptors (Lipinski definition) is 6. The van der Waals surface area contributed by atoms with E-state index in [9.17, 15) is 4.79 Å². The lowest BCUT2D eigenvalue weighted by atomic mass is 10.1. The van der Waals surface area contributed by atoms with Crippen molar-refractivity contribution < 1.29 is 9.21 Å². The number of benzene rings is 2. The normalized spacial score (nSPS) is 16.1. The molecular formula is C24H28ClN5O2. The predicted octanol–water partition coefficient (Wildman–Crippen LogP) is 4.32. The van der Waals surface area contributed by atoms with E-state index in [1.165, 1.54) is 5.56 Å². The van der Waals surface area contributed by atoms with Crippen molar-refractivity contribution in [3.05, 3.63) is 64.5 Å². The van der Waals surface area contributed by atoms with Gasteiger partial charge in [0, 0.05) is 42.5 Å². The van der Waals surface area contributed by atoms with E-state index in [4.69, 9.17) is 16.0 Å². The van der Waals surface area contributed by atoms with Gasteiger partial charge in [0.25, 0.3) is 0 Å². The molecule has 1 aliphatic rings. The summed E-state index contributed by atoms with van der Waals surface area (Å²) in [6, 6.07) is 13.3. The van der Waals surface area contributed by atoms with Gasteiger partial charge in [0.2, 0.25) is 17.7 Å². The second-order valence-corrected chi connectivity index (χ2v) is 8.68. The molecule has 4 rings (SSSR count). The Morgan fingerprint density at radius 1 is 1.12 bits per heavy atom. The molecule has 1 saturated heterocycles. The third kappa shape index (κ3) is 5.18. The van der Waals surface area contributed by atoms with Gasteiger partial charge in [-0.25, -0.2) is 0 Å². The number of halogens is 1. The molecule has 32 heavy (non-hydrogen) atoms. The molecule has 8 heteroatoms. The van der Waals surface area contributed by atoms with Crippen molar-refractivity contribution in [1.29, 1.82) is 0 Å². The number of nitrogens with one attached hydrogen (secondary N) is 1. The SMILES string of the molecule is Cc1cccc(NC(=O)CN2CCN(C(C)c3nnc(-c4cccc(Cl)c4)o3)CC2)c1C. The first kappa shape index (κ1) is 22.5. The summed E-state index contributed by atoms with van der Waals surface area (Å²) in [6.07, 6.45) is 0. The van der Waals surface area contributed by atoms with E-state index in [-0.39, 0.29) is 11.9 Å². The molecule has 0 aliphatic carbocycles. The smallest absolute Gasteiger partial charge is 0.247 e. The summed E-state index contributed by atoms with van der Waals surface area (Å²) in [5.41, 5.74) is 3.97. The van der Waals surface area contributed by atoms with E-state index >= 15 is 0 Å². The van der Waals surface area contributed by atoms with Gasteiger partial charge in [-0.05, 0) is 56.2 Å². The van der Waals surface area contributed by atoms with Crippen LogP contribution in [0.25, 0.3) is 11.5 Å². The highest BCUT2D eigenvalue weighted by atomic mass is 35.5. The highest BCUT2D eigenvalue weighted by Gasteiger charge is 2.26. The monoisotopic (exact) mass is 453 g/mol. The molecule has 1 unspecified atom stereocenters. The standard InChI is InChI=1S/C24H28ClN5O2/c1-16-6-4-9-21(17(16)2)26-22(31)15-29-10-12-30(13-11-29)18(3)23-27-28-24(32-23)19-7-5-8-20(25)14-19/h4-9,14,18H,10-13,15H2,1-3H3,(H,26,31). The first-order valence-corrected chi connectivity index (χ1v) is 11.2. The van der Waals surface area contributed by atoms with Crippen molar-refractivity contribution >= 4 is 23.2 Å². The van der Waals surface area contributed by atoms with Gasteiger partial charge in [-0.2, -0.15) is 0 Å². The van der Waals surface area contributed by atoms with E-state index in [0.29, 0.717) is 23.3 Å². The van der Waals surface area contributed by atoms with Crippen molar-refractivity contribution in [2.45, 2.75) is 26.8 Å². The van der Waals surface area contributed by atoms with Crippen LogP contribution in [-0.4, -0.2) is 58.6 Å². The lowest BCUT2D eigenvalue weighted by Crippen LogP contribution is -2.49. The number of anilines is 1. The minimum absolute atomic E-state index is 0.00125. The summed E-state index contributed by atoms with van der Waals surface area (Å²) < 4.78 is 5.92.